The van der Waals surface area contributed by atoms with Crippen molar-refractivity contribution >= 4 is 17.7 Å². The Labute approximate surface area is 140 Å². The number of rotatable bonds is 5. The van der Waals surface area contributed by atoms with Gasteiger partial charge in [-0.25, -0.2) is 4.39 Å². The summed E-state index contributed by atoms with van der Waals surface area (Å²) >= 11 is 0. The second-order valence-electron chi connectivity index (χ2n) is 5.06. The van der Waals surface area contributed by atoms with Crippen molar-refractivity contribution in [3.63, 3.8) is 0 Å². The molecule has 2 rings (SSSR count). The van der Waals surface area contributed by atoms with E-state index in [4.69, 9.17) is 4.74 Å². The van der Waals surface area contributed by atoms with E-state index in [-0.39, 0.29) is 11.4 Å². The van der Waals surface area contributed by atoms with E-state index in [2.05, 4.69) is 5.32 Å². The van der Waals surface area contributed by atoms with Crippen molar-refractivity contribution < 1.29 is 13.9 Å². The van der Waals surface area contributed by atoms with Crippen LogP contribution in [-0.2, 0) is 4.79 Å². The second-order valence-corrected chi connectivity index (χ2v) is 5.06. The van der Waals surface area contributed by atoms with E-state index in [1.807, 2.05) is 13.0 Å². The highest BCUT2D eigenvalue weighted by Gasteiger charge is 2.12. The van der Waals surface area contributed by atoms with Gasteiger partial charge in [0.1, 0.15) is 23.2 Å². The summed E-state index contributed by atoms with van der Waals surface area (Å²) in [5.74, 6) is -0.351. The Morgan fingerprint density at radius 2 is 2.08 bits per heavy atom. The Bertz CT molecular complexity index is 822. The van der Waals surface area contributed by atoms with Gasteiger partial charge < -0.3 is 10.1 Å². The molecule has 0 saturated carbocycles. The van der Waals surface area contributed by atoms with Crippen molar-refractivity contribution in [1.29, 1.82) is 5.26 Å². The molecule has 0 spiro atoms. The number of amides is 1. The first kappa shape index (κ1) is 17.2. The van der Waals surface area contributed by atoms with Gasteiger partial charge in [-0.3, -0.25) is 4.79 Å². The first-order valence-electron chi connectivity index (χ1n) is 7.46. The summed E-state index contributed by atoms with van der Waals surface area (Å²) < 4.78 is 18.7. The number of carbonyl (C=O) groups excluding carboxylic acids is 1. The minimum atomic E-state index is -0.549. The maximum absolute atomic E-state index is 13.3. The zero-order valence-electron chi connectivity index (χ0n) is 13.5. The molecule has 4 nitrogen and oxygen atoms in total. The number of ether oxygens (including phenoxy) is 1. The monoisotopic (exact) mass is 324 g/mol. The van der Waals surface area contributed by atoms with Crippen molar-refractivity contribution in [2.45, 2.75) is 13.8 Å². The van der Waals surface area contributed by atoms with Gasteiger partial charge in [-0.2, -0.15) is 5.26 Å². The van der Waals surface area contributed by atoms with E-state index in [0.29, 0.717) is 29.2 Å². The van der Waals surface area contributed by atoms with Crippen LogP contribution in [0.1, 0.15) is 18.1 Å². The quantitative estimate of drug-likeness (QED) is 0.666. The van der Waals surface area contributed by atoms with Crippen LogP contribution in [0.15, 0.2) is 48.0 Å². The Morgan fingerprint density at radius 3 is 2.75 bits per heavy atom. The van der Waals surface area contributed by atoms with Crippen LogP contribution < -0.4 is 10.1 Å². The predicted molar refractivity (Wildman–Crippen MR) is 91.0 cm³/mol. The van der Waals surface area contributed by atoms with Gasteiger partial charge >= 0.3 is 0 Å². The third kappa shape index (κ3) is 4.20. The zero-order valence-corrected chi connectivity index (χ0v) is 13.5. The average molecular weight is 324 g/mol. The summed E-state index contributed by atoms with van der Waals surface area (Å²) in [5.41, 5.74) is 1.44. The third-order valence-electron chi connectivity index (χ3n) is 3.29. The number of para-hydroxylation sites is 2. The van der Waals surface area contributed by atoms with E-state index in [9.17, 15) is 14.4 Å². The molecule has 0 heterocycles. The first-order chi connectivity index (χ1) is 11.5. The molecule has 0 saturated heterocycles. The lowest BCUT2D eigenvalue weighted by Gasteiger charge is -2.10. The molecule has 0 atom stereocenters. The summed E-state index contributed by atoms with van der Waals surface area (Å²) in [7, 11) is 0. The van der Waals surface area contributed by atoms with E-state index >= 15 is 0 Å². The standard InChI is InChI=1S/C19H17FN2O2/c1-3-24-18-7-5-4-6-17(18)22-19(23)15(12-21)11-14-8-9-16(20)13(2)10-14/h4-11H,3H2,1-2H3,(H,22,23). The lowest BCUT2D eigenvalue weighted by molar-refractivity contribution is -0.112. The van der Waals surface area contributed by atoms with E-state index in [1.165, 1.54) is 18.2 Å². The van der Waals surface area contributed by atoms with Crippen LogP contribution in [-0.4, -0.2) is 12.5 Å². The van der Waals surface area contributed by atoms with Crippen molar-refractivity contribution in [3.05, 3.63) is 65.0 Å². The third-order valence-corrected chi connectivity index (χ3v) is 3.29. The van der Waals surface area contributed by atoms with Gasteiger partial charge in [0, 0.05) is 0 Å². The molecule has 122 valence electrons. The second kappa shape index (κ2) is 7.93. The summed E-state index contributed by atoms with van der Waals surface area (Å²) in [6.45, 7) is 3.93. The molecule has 0 radical (unpaired) electrons. The van der Waals surface area contributed by atoms with Crippen molar-refractivity contribution in [1.82, 2.24) is 0 Å². The van der Waals surface area contributed by atoms with Crippen LogP contribution in [0.4, 0.5) is 10.1 Å². The maximum atomic E-state index is 13.3. The molecular weight excluding hydrogens is 307 g/mol. The van der Waals surface area contributed by atoms with Crippen molar-refractivity contribution in [2.75, 3.05) is 11.9 Å². The smallest absolute Gasteiger partial charge is 0.266 e. The van der Waals surface area contributed by atoms with Gasteiger partial charge in [-0.15, -0.1) is 0 Å². The van der Waals surface area contributed by atoms with E-state index in [1.54, 1.807) is 37.3 Å². The Morgan fingerprint density at radius 1 is 1.33 bits per heavy atom. The average Bonchev–Trinajstić information content (AvgIpc) is 2.57. The molecule has 0 aliphatic carbocycles. The van der Waals surface area contributed by atoms with Gasteiger partial charge in [-0.05, 0) is 55.3 Å². The molecule has 5 heteroatoms. The van der Waals surface area contributed by atoms with Crippen LogP contribution >= 0.6 is 0 Å². The van der Waals surface area contributed by atoms with Crippen LogP contribution in [0.2, 0.25) is 0 Å². The summed E-state index contributed by atoms with van der Waals surface area (Å²) in [4.78, 5) is 12.3. The molecule has 0 aliphatic rings. The topological polar surface area (TPSA) is 62.1 Å². The fourth-order valence-electron chi connectivity index (χ4n) is 2.11. The molecule has 24 heavy (non-hydrogen) atoms. The number of nitriles is 1. The van der Waals surface area contributed by atoms with Gasteiger partial charge in [-0.1, -0.05) is 18.2 Å². The number of halogens is 1. The van der Waals surface area contributed by atoms with Gasteiger partial charge in [0.25, 0.3) is 5.91 Å². The molecule has 0 aromatic heterocycles. The zero-order chi connectivity index (χ0) is 17.5. The molecule has 1 amide bonds. The summed E-state index contributed by atoms with van der Waals surface area (Å²) in [5, 5.41) is 11.9. The lowest BCUT2D eigenvalue weighted by atomic mass is 10.1. The number of hydrogen-bond acceptors (Lipinski definition) is 3. The van der Waals surface area contributed by atoms with Crippen LogP contribution in [0, 0.1) is 24.1 Å². The number of anilines is 1. The molecule has 2 aromatic carbocycles. The summed E-state index contributed by atoms with van der Waals surface area (Å²) in [6, 6.07) is 13.3. The van der Waals surface area contributed by atoms with Crippen molar-refractivity contribution in [2.24, 2.45) is 0 Å². The molecule has 0 aliphatic heterocycles. The van der Waals surface area contributed by atoms with Crippen LogP contribution in [0.3, 0.4) is 0 Å². The van der Waals surface area contributed by atoms with E-state index in [0.717, 1.165) is 0 Å². The van der Waals surface area contributed by atoms with Crippen LogP contribution in [0.5, 0.6) is 5.75 Å². The number of nitrogens with one attached hydrogen (secondary N) is 1. The normalized spacial score (nSPS) is 10.8. The Hall–Kier alpha value is -3.13. The lowest BCUT2D eigenvalue weighted by Crippen LogP contribution is -2.14. The highest BCUT2D eigenvalue weighted by Crippen LogP contribution is 2.24. The highest BCUT2D eigenvalue weighted by atomic mass is 19.1. The fourth-order valence-corrected chi connectivity index (χ4v) is 2.11. The van der Waals surface area contributed by atoms with E-state index < -0.39 is 5.91 Å². The number of benzene rings is 2. The minimum absolute atomic E-state index is 0.0766. The minimum Gasteiger partial charge on any atom is -0.492 e. The highest BCUT2D eigenvalue weighted by molar-refractivity contribution is 6.10. The number of nitrogens with zero attached hydrogens (tertiary/aromatic N) is 1. The molecule has 2 aromatic rings. The molecule has 0 bridgehead atoms. The van der Waals surface area contributed by atoms with Gasteiger partial charge in [0.2, 0.25) is 0 Å². The van der Waals surface area contributed by atoms with Gasteiger partial charge in [0.05, 0.1) is 12.3 Å². The van der Waals surface area contributed by atoms with Gasteiger partial charge in [0.15, 0.2) is 0 Å². The van der Waals surface area contributed by atoms with Crippen molar-refractivity contribution in [3.8, 4) is 11.8 Å². The Balaban J connectivity index is 2.25. The largest absolute Gasteiger partial charge is 0.492 e. The molecule has 0 fully saturated rings. The maximum Gasteiger partial charge on any atom is 0.266 e. The number of hydrogen-bond donors (Lipinski definition) is 1. The molecule has 0 unspecified atom stereocenters. The van der Waals surface area contributed by atoms with Crippen LogP contribution in [0.25, 0.3) is 6.08 Å². The number of aryl methyl sites for hydroxylation is 1. The summed E-state index contributed by atoms with van der Waals surface area (Å²) in [6.07, 6.45) is 1.42. The fraction of sp³-hybridized carbons (Fsp3) is 0.158. The Kier molecular flexibility index (Phi) is 5.69. The first-order valence-corrected chi connectivity index (χ1v) is 7.46. The number of carbonyl (C=O) groups is 1. The molecular formula is C19H17FN2O2. The predicted octanol–water partition coefficient (Wildman–Crippen LogP) is 4.08. The SMILES string of the molecule is CCOc1ccccc1NC(=O)C(C#N)=Cc1ccc(F)c(C)c1. The molecule has 1 N–H and O–H groups in total.